The van der Waals surface area contributed by atoms with Crippen LogP contribution in [0, 0.1) is 5.92 Å². The molecule has 1 aromatic carbocycles. The van der Waals surface area contributed by atoms with Gasteiger partial charge in [0.05, 0.1) is 13.7 Å². The molecule has 2 aliphatic rings. The van der Waals surface area contributed by atoms with Crippen molar-refractivity contribution in [3.8, 4) is 5.75 Å². The first-order valence-electron chi connectivity index (χ1n) is 10.1. The molecule has 0 aromatic heterocycles. The summed E-state index contributed by atoms with van der Waals surface area (Å²) in [4.78, 5) is 16.9. The number of carbonyl (C=O) groups is 1. The summed E-state index contributed by atoms with van der Waals surface area (Å²) in [6, 6.07) is 8.32. The Morgan fingerprint density at radius 1 is 1.15 bits per heavy atom. The minimum atomic E-state index is 0.0869. The Balaban J connectivity index is 1.40. The average molecular weight is 376 g/mol. The van der Waals surface area contributed by atoms with Crippen molar-refractivity contribution < 1.29 is 14.3 Å². The van der Waals surface area contributed by atoms with E-state index in [0.717, 1.165) is 70.9 Å². The summed E-state index contributed by atoms with van der Waals surface area (Å²) in [5, 5.41) is 3.15. The zero-order valence-corrected chi connectivity index (χ0v) is 16.7. The van der Waals surface area contributed by atoms with Crippen LogP contribution < -0.4 is 10.1 Å². The van der Waals surface area contributed by atoms with E-state index in [1.165, 1.54) is 5.56 Å². The number of ether oxygens (including phenoxy) is 2. The minimum absolute atomic E-state index is 0.0869. The fourth-order valence-electron chi connectivity index (χ4n) is 4.24. The highest BCUT2D eigenvalue weighted by molar-refractivity contribution is 5.74. The van der Waals surface area contributed by atoms with E-state index in [-0.39, 0.29) is 6.03 Å². The van der Waals surface area contributed by atoms with E-state index in [9.17, 15) is 4.79 Å². The third kappa shape index (κ3) is 5.36. The van der Waals surface area contributed by atoms with Gasteiger partial charge >= 0.3 is 6.03 Å². The normalized spacial score (nSPS) is 21.4. The Labute approximate surface area is 162 Å². The number of carbonyl (C=O) groups excluding carboxylic acids is 1. The summed E-state index contributed by atoms with van der Waals surface area (Å²) < 4.78 is 10.6. The lowest BCUT2D eigenvalue weighted by atomic mass is 9.89. The molecule has 0 radical (unpaired) electrons. The number of methoxy groups -OCH3 is 2. The Morgan fingerprint density at radius 2 is 1.93 bits per heavy atom. The first-order valence-corrected chi connectivity index (χ1v) is 10.1. The van der Waals surface area contributed by atoms with E-state index < -0.39 is 0 Å². The van der Waals surface area contributed by atoms with Gasteiger partial charge in [0.25, 0.3) is 0 Å². The standard InChI is InChI=1S/C21H33N3O3/c1-26-14-13-23-10-7-17(16-23)15-22-21(25)24-11-8-18(9-12-24)19-5-3-4-6-20(19)27-2/h3-6,17-18H,7-16H2,1-2H3,(H,22,25)/t17-/m1/s1. The summed E-state index contributed by atoms with van der Waals surface area (Å²) in [6.45, 7) is 6.30. The molecule has 6 nitrogen and oxygen atoms in total. The third-order valence-electron chi connectivity index (χ3n) is 5.88. The molecule has 2 fully saturated rings. The Hall–Kier alpha value is -1.79. The second-order valence-electron chi connectivity index (χ2n) is 7.64. The molecule has 0 bridgehead atoms. The van der Waals surface area contributed by atoms with Crippen LogP contribution in [0.3, 0.4) is 0 Å². The summed E-state index contributed by atoms with van der Waals surface area (Å²) >= 11 is 0. The predicted octanol–water partition coefficient (Wildman–Crippen LogP) is 2.55. The molecule has 6 heteroatoms. The van der Waals surface area contributed by atoms with Crippen molar-refractivity contribution in [1.82, 2.24) is 15.1 Å². The molecule has 150 valence electrons. The summed E-state index contributed by atoms with van der Waals surface area (Å²) in [7, 11) is 3.46. The van der Waals surface area contributed by atoms with Gasteiger partial charge < -0.3 is 24.6 Å². The van der Waals surface area contributed by atoms with Gasteiger partial charge in [-0.25, -0.2) is 4.79 Å². The number of hydrogen-bond acceptors (Lipinski definition) is 4. The summed E-state index contributed by atoms with van der Waals surface area (Å²) in [6.07, 6.45) is 3.13. The number of nitrogens with zero attached hydrogens (tertiary/aromatic N) is 2. The zero-order chi connectivity index (χ0) is 19.1. The number of likely N-dealkylation sites (tertiary alicyclic amines) is 2. The first-order chi connectivity index (χ1) is 13.2. The van der Waals surface area contributed by atoms with Crippen molar-refractivity contribution in [2.24, 2.45) is 5.92 Å². The van der Waals surface area contributed by atoms with Gasteiger partial charge in [-0.15, -0.1) is 0 Å². The molecule has 3 rings (SSSR count). The van der Waals surface area contributed by atoms with Gasteiger partial charge in [-0.3, -0.25) is 0 Å². The molecule has 2 heterocycles. The van der Waals surface area contributed by atoms with Crippen LogP contribution in [0.15, 0.2) is 24.3 Å². The van der Waals surface area contributed by atoms with Crippen molar-refractivity contribution in [1.29, 1.82) is 0 Å². The van der Waals surface area contributed by atoms with Crippen LogP contribution >= 0.6 is 0 Å². The molecule has 1 aromatic rings. The summed E-state index contributed by atoms with van der Waals surface area (Å²) in [5.74, 6) is 1.98. The number of benzene rings is 1. The highest BCUT2D eigenvalue weighted by atomic mass is 16.5. The molecule has 2 amide bonds. The van der Waals surface area contributed by atoms with Crippen molar-refractivity contribution >= 4 is 6.03 Å². The molecular formula is C21H33N3O3. The van der Waals surface area contributed by atoms with Gasteiger partial charge in [-0.05, 0) is 49.3 Å². The van der Waals surface area contributed by atoms with Crippen LogP contribution in [0.25, 0.3) is 0 Å². The first kappa shape index (κ1) is 20.0. The lowest BCUT2D eigenvalue weighted by molar-refractivity contribution is 0.158. The number of urea groups is 1. The van der Waals surface area contributed by atoms with Crippen LogP contribution in [-0.4, -0.2) is 75.9 Å². The fraction of sp³-hybridized carbons (Fsp3) is 0.667. The van der Waals surface area contributed by atoms with Gasteiger partial charge in [0.15, 0.2) is 0 Å². The maximum atomic E-state index is 12.5. The van der Waals surface area contributed by atoms with E-state index in [1.54, 1.807) is 14.2 Å². The van der Waals surface area contributed by atoms with Crippen LogP contribution in [0.4, 0.5) is 4.79 Å². The number of nitrogens with one attached hydrogen (secondary N) is 1. The van der Waals surface area contributed by atoms with Gasteiger partial charge in [0.2, 0.25) is 0 Å². The second kappa shape index (κ2) is 9.95. The number of rotatable bonds is 7. The van der Waals surface area contributed by atoms with E-state index in [1.807, 2.05) is 17.0 Å². The summed E-state index contributed by atoms with van der Waals surface area (Å²) in [5.41, 5.74) is 1.27. The average Bonchev–Trinajstić information content (AvgIpc) is 3.18. The molecule has 2 saturated heterocycles. The highest BCUT2D eigenvalue weighted by Crippen LogP contribution is 2.33. The van der Waals surface area contributed by atoms with Gasteiger partial charge in [0.1, 0.15) is 5.75 Å². The number of piperidine rings is 1. The van der Waals surface area contributed by atoms with E-state index in [0.29, 0.717) is 11.8 Å². The lowest BCUT2D eigenvalue weighted by Gasteiger charge is -2.33. The topological polar surface area (TPSA) is 54.0 Å². The Kier molecular flexibility index (Phi) is 7.35. The van der Waals surface area contributed by atoms with E-state index in [4.69, 9.17) is 9.47 Å². The van der Waals surface area contributed by atoms with Gasteiger partial charge in [-0.2, -0.15) is 0 Å². The number of para-hydroxylation sites is 1. The Bertz CT molecular complexity index is 602. The fourth-order valence-corrected chi connectivity index (χ4v) is 4.24. The van der Waals surface area contributed by atoms with Crippen molar-refractivity contribution in [2.75, 3.05) is 60.1 Å². The van der Waals surface area contributed by atoms with E-state index >= 15 is 0 Å². The van der Waals surface area contributed by atoms with E-state index in [2.05, 4.69) is 22.3 Å². The van der Waals surface area contributed by atoms with Crippen molar-refractivity contribution in [3.63, 3.8) is 0 Å². The maximum absolute atomic E-state index is 12.5. The SMILES string of the molecule is COCCN1CC[C@H](CNC(=O)N2CCC(c3ccccc3OC)CC2)C1. The molecule has 0 saturated carbocycles. The third-order valence-corrected chi connectivity index (χ3v) is 5.88. The minimum Gasteiger partial charge on any atom is -0.496 e. The highest BCUT2D eigenvalue weighted by Gasteiger charge is 2.27. The molecule has 0 aliphatic carbocycles. The lowest BCUT2D eigenvalue weighted by Crippen LogP contribution is -2.45. The molecule has 27 heavy (non-hydrogen) atoms. The maximum Gasteiger partial charge on any atom is 0.317 e. The Morgan fingerprint density at radius 3 is 2.67 bits per heavy atom. The molecule has 0 spiro atoms. The van der Waals surface area contributed by atoms with Crippen LogP contribution in [0.1, 0.15) is 30.7 Å². The number of amides is 2. The molecule has 0 unspecified atom stereocenters. The van der Waals surface area contributed by atoms with Crippen LogP contribution in [0.5, 0.6) is 5.75 Å². The van der Waals surface area contributed by atoms with Crippen LogP contribution in [0.2, 0.25) is 0 Å². The quantitative estimate of drug-likeness (QED) is 0.796. The second-order valence-corrected chi connectivity index (χ2v) is 7.64. The molecule has 1 atom stereocenters. The van der Waals surface area contributed by atoms with Crippen LogP contribution in [-0.2, 0) is 4.74 Å². The van der Waals surface area contributed by atoms with Crippen molar-refractivity contribution in [2.45, 2.75) is 25.2 Å². The van der Waals surface area contributed by atoms with Gasteiger partial charge in [0, 0.05) is 39.8 Å². The zero-order valence-electron chi connectivity index (χ0n) is 16.7. The monoisotopic (exact) mass is 375 g/mol. The molecular weight excluding hydrogens is 342 g/mol. The smallest absolute Gasteiger partial charge is 0.317 e. The predicted molar refractivity (Wildman–Crippen MR) is 106 cm³/mol. The van der Waals surface area contributed by atoms with Gasteiger partial charge in [-0.1, -0.05) is 18.2 Å². The number of hydrogen-bond donors (Lipinski definition) is 1. The molecule has 1 N–H and O–H groups in total. The largest absolute Gasteiger partial charge is 0.496 e. The van der Waals surface area contributed by atoms with Crippen molar-refractivity contribution in [3.05, 3.63) is 29.8 Å². The molecule has 2 aliphatic heterocycles.